The van der Waals surface area contributed by atoms with Crippen molar-refractivity contribution in [1.29, 1.82) is 0 Å². The zero-order valence-corrected chi connectivity index (χ0v) is 17.9. The molecule has 1 heterocycles. The number of nitrogens with zero attached hydrogens (tertiary/aromatic N) is 1. The SMILES string of the molecule is CC.CC.COc1ccc(Cn2ccc3ccc(C(=O)NSC)cc32)cc1. The van der Waals surface area contributed by atoms with E-state index in [2.05, 4.69) is 27.5 Å². The summed E-state index contributed by atoms with van der Waals surface area (Å²) in [6, 6.07) is 15.8. The molecule has 0 aliphatic heterocycles. The number of aromatic nitrogens is 1. The van der Waals surface area contributed by atoms with Gasteiger partial charge in [0, 0.05) is 30.1 Å². The Morgan fingerprint density at radius 2 is 1.70 bits per heavy atom. The van der Waals surface area contributed by atoms with Crippen molar-refractivity contribution in [2.45, 2.75) is 34.2 Å². The molecular formula is C22H30N2O2S. The summed E-state index contributed by atoms with van der Waals surface area (Å²) in [4.78, 5) is 12.0. The van der Waals surface area contributed by atoms with Crippen LogP contribution < -0.4 is 9.46 Å². The topological polar surface area (TPSA) is 43.3 Å². The number of nitrogens with one attached hydrogen (secondary N) is 1. The van der Waals surface area contributed by atoms with Gasteiger partial charge in [0.25, 0.3) is 5.91 Å². The zero-order chi connectivity index (χ0) is 20.2. The van der Waals surface area contributed by atoms with Gasteiger partial charge < -0.3 is 9.30 Å². The molecule has 146 valence electrons. The lowest BCUT2D eigenvalue weighted by Crippen LogP contribution is -2.15. The molecule has 3 aromatic rings. The number of carbonyl (C=O) groups excluding carboxylic acids is 1. The van der Waals surface area contributed by atoms with Gasteiger partial charge in [-0.1, -0.05) is 57.8 Å². The van der Waals surface area contributed by atoms with Gasteiger partial charge in [0.2, 0.25) is 0 Å². The third kappa shape index (κ3) is 6.07. The number of hydrogen-bond acceptors (Lipinski definition) is 3. The van der Waals surface area contributed by atoms with Crippen LogP contribution in [0.2, 0.25) is 0 Å². The number of benzene rings is 2. The van der Waals surface area contributed by atoms with Crippen LogP contribution in [0.4, 0.5) is 0 Å². The molecule has 0 atom stereocenters. The third-order valence-corrected chi connectivity index (χ3v) is 4.13. The first-order valence-electron chi connectivity index (χ1n) is 9.26. The quantitative estimate of drug-likeness (QED) is 0.567. The number of ether oxygens (including phenoxy) is 1. The van der Waals surface area contributed by atoms with Crippen molar-refractivity contribution < 1.29 is 9.53 Å². The average molecular weight is 387 g/mol. The van der Waals surface area contributed by atoms with E-state index in [9.17, 15) is 4.79 Å². The Hall–Kier alpha value is -2.40. The molecule has 0 radical (unpaired) electrons. The minimum absolute atomic E-state index is 0.0726. The Balaban J connectivity index is 0.000000855. The van der Waals surface area contributed by atoms with Crippen molar-refractivity contribution in [1.82, 2.24) is 9.29 Å². The first kappa shape index (κ1) is 22.6. The lowest BCUT2D eigenvalue weighted by molar-refractivity contribution is 0.0984. The number of fused-ring (bicyclic) bond motifs is 1. The standard InChI is InChI=1S/C18H18N2O2S.2C2H6/c1-22-16-7-3-13(4-8-16)12-20-10-9-14-5-6-15(11-17(14)20)18(21)19-23-2;2*1-2/h3-11H,12H2,1-2H3,(H,19,21);2*1-2H3. The van der Waals surface area contributed by atoms with Gasteiger partial charge in [0.05, 0.1) is 7.11 Å². The summed E-state index contributed by atoms with van der Waals surface area (Å²) in [5.41, 5.74) is 2.90. The van der Waals surface area contributed by atoms with Gasteiger partial charge in [-0.3, -0.25) is 9.52 Å². The number of rotatable bonds is 5. The largest absolute Gasteiger partial charge is 0.497 e. The van der Waals surface area contributed by atoms with Gasteiger partial charge in [-0.15, -0.1) is 0 Å². The molecule has 27 heavy (non-hydrogen) atoms. The maximum atomic E-state index is 12.0. The summed E-state index contributed by atoms with van der Waals surface area (Å²) in [5, 5.41) is 1.12. The van der Waals surface area contributed by atoms with Crippen LogP contribution in [-0.4, -0.2) is 23.8 Å². The van der Waals surface area contributed by atoms with Crippen LogP contribution in [0.15, 0.2) is 54.7 Å². The third-order valence-electron chi connectivity index (χ3n) is 3.74. The molecular weight excluding hydrogens is 356 g/mol. The number of amides is 1. The van der Waals surface area contributed by atoms with Gasteiger partial charge in [0.15, 0.2) is 0 Å². The molecule has 0 spiro atoms. The first-order chi connectivity index (χ1) is 13.2. The maximum Gasteiger partial charge on any atom is 0.261 e. The van der Waals surface area contributed by atoms with Crippen LogP contribution in [0.25, 0.3) is 10.9 Å². The Labute approximate surface area is 167 Å². The molecule has 2 aromatic carbocycles. The summed E-state index contributed by atoms with van der Waals surface area (Å²) in [7, 11) is 1.66. The molecule has 0 saturated heterocycles. The van der Waals surface area contributed by atoms with E-state index in [0.29, 0.717) is 5.56 Å². The van der Waals surface area contributed by atoms with Crippen LogP contribution in [0.3, 0.4) is 0 Å². The van der Waals surface area contributed by atoms with Crippen molar-refractivity contribution >= 4 is 28.8 Å². The summed E-state index contributed by atoms with van der Waals surface area (Å²) < 4.78 is 10.1. The van der Waals surface area contributed by atoms with Crippen molar-refractivity contribution in [3.63, 3.8) is 0 Å². The van der Waals surface area contributed by atoms with Crippen LogP contribution in [-0.2, 0) is 6.54 Å². The van der Waals surface area contributed by atoms with Crippen molar-refractivity contribution in [3.8, 4) is 5.75 Å². The molecule has 1 N–H and O–H groups in total. The Morgan fingerprint density at radius 3 is 2.30 bits per heavy atom. The van der Waals surface area contributed by atoms with Crippen molar-refractivity contribution in [3.05, 3.63) is 65.9 Å². The predicted molar refractivity (Wildman–Crippen MR) is 118 cm³/mol. The number of methoxy groups -OCH3 is 1. The smallest absolute Gasteiger partial charge is 0.261 e. The van der Waals surface area contributed by atoms with Crippen molar-refractivity contribution in [2.24, 2.45) is 0 Å². The van der Waals surface area contributed by atoms with E-state index in [0.717, 1.165) is 23.2 Å². The second-order valence-electron chi connectivity index (χ2n) is 5.20. The van der Waals surface area contributed by atoms with E-state index in [1.807, 2.05) is 70.5 Å². The van der Waals surface area contributed by atoms with Gasteiger partial charge in [-0.05, 0) is 41.3 Å². The van der Waals surface area contributed by atoms with Gasteiger partial charge in [0.1, 0.15) is 5.75 Å². The van der Waals surface area contributed by atoms with Crippen LogP contribution in [0.5, 0.6) is 5.75 Å². The van der Waals surface area contributed by atoms with E-state index >= 15 is 0 Å². The minimum atomic E-state index is -0.0726. The van der Waals surface area contributed by atoms with E-state index < -0.39 is 0 Å². The van der Waals surface area contributed by atoms with Crippen LogP contribution >= 0.6 is 11.9 Å². The summed E-state index contributed by atoms with van der Waals surface area (Å²) in [6.45, 7) is 8.75. The average Bonchev–Trinajstić information content (AvgIpc) is 3.14. The highest BCUT2D eigenvalue weighted by Gasteiger charge is 2.08. The first-order valence-corrected chi connectivity index (χ1v) is 10.5. The van der Waals surface area contributed by atoms with Gasteiger partial charge >= 0.3 is 0 Å². The lowest BCUT2D eigenvalue weighted by Gasteiger charge is -2.08. The monoisotopic (exact) mass is 386 g/mol. The molecule has 1 amide bonds. The fraction of sp³-hybridized carbons (Fsp3) is 0.318. The maximum absolute atomic E-state index is 12.0. The molecule has 5 heteroatoms. The molecule has 0 fully saturated rings. The van der Waals surface area contributed by atoms with E-state index in [4.69, 9.17) is 4.74 Å². The van der Waals surface area contributed by atoms with Crippen LogP contribution in [0.1, 0.15) is 43.6 Å². The molecule has 0 unspecified atom stereocenters. The summed E-state index contributed by atoms with van der Waals surface area (Å²) in [6.07, 6.45) is 3.88. The van der Waals surface area contributed by atoms with Crippen LogP contribution in [0, 0.1) is 0 Å². The van der Waals surface area contributed by atoms with E-state index in [-0.39, 0.29) is 5.91 Å². The Bertz CT molecular complexity index is 826. The number of hydrogen-bond donors (Lipinski definition) is 1. The molecule has 4 nitrogen and oxygen atoms in total. The normalized spacial score (nSPS) is 9.56. The zero-order valence-electron chi connectivity index (χ0n) is 17.1. The molecule has 3 rings (SSSR count). The van der Waals surface area contributed by atoms with Crippen molar-refractivity contribution in [2.75, 3.05) is 13.4 Å². The van der Waals surface area contributed by atoms with Gasteiger partial charge in [-0.2, -0.15) is 0 Å². The van der Waals surface area contributed by atoms with Gasteiger partial charge in [-0.25, -0.2) is 0 Å². The predicted octanol–water partition coefficient (Wildman–Crippen LogP) is 5.76. The minimum Gasteiger partial charge on any atom is -0.497 e. The van der Waals surface area contributed by atoms with E-state index in [1.165, 1.54) is 17.5 Å². The fourth-order valence-corrected chi connectivity index (χ4v) is 2.85. The summed E-state index contributed by atoms with van der Waals surface area (Å²) >= 11 is 1.30. The molecule has 0 saturated carbocycles. The molecule has 1 aromatic heterocycles. The Morgan fingerprint density at radius 1 is 1.04 bits per heavy atom. The second kappa shape index (κ2) is 12.1. The molecule has 0 aliphatic rings. The summed E-state index contributed by atoms with van der Waals surface area (Å²) in [5.74, 6) is 0.777. The highest BCUT2D eigenvalue weighted by Crippen LogP contribution is 2.20. The fourth-order valence-electron chi connectivity index (χ4n) is 2.54. The Kier molecular flexibility index (Phi) is 10.1. The molecule has 0 aliphatic carbocycles. The molecule has 0 bridgehead atoms. The number of carbonyl (C=O) groups is 1. The van der Waals surface area contributed by atoms with E-state index in [1.54, 1.807) is 7.11 Å². The lowest BCUT2D eigenvalue weighted by atomic mass is 10.1. The highest BCUT2D eigenvalue weighted by molar-refractivity contribution is 7.97. The highest BCUT2D eigenvalue weighted by atomic mass is 32.2. The second-order valence-corrected chi connectivity index (χ2v) is 5.81.